The van der Waals surface area contributed by atoms with Crippen molar-refractivity contribution in [1.29, 1.82) is 0 Å². The zero-order valence-electron chi connectivity index (χ0n) is 16.7. The van der Waals surface area contributed by atoms with Gasteiger partial charge in [-0.05, 0) is 32.4 Å². The second-order valence-electron chi connectivity index (χ2n) is 8.11. The van der Waals surface area contributed by atoms with Crippen molar-refractivity contribution in [3.63, 3.8) is 0 Å². The first kappa shape index (κ1) is 20.7. The summed E-state index contributed by atoms with van der Waals surface area (Å²) in [5.41, 5.74) is 1.07. The van der Waals surface area contributed by atoms with E-state index >= 15 is 0 Å². The molecule has 1 amide bonds. The average Bonchev–Trinajstić information content (AvgIpc) is 2.65. The summed E-state index contributed by atoms with van der Waals surface area (Å²) in [6.45, 7) is 6.63. The number of halogens is 1. The normalized spacial score (nSPS) is 17.7. The van der Waals surface area contributed by atoms with Gasteiger partial charge in [0.25, 0.3) is 0 Å². The van der Waals surface area contributed by atoms with E-state index in [2.05, 4.69) is 15.9 Å². The third-order valence-electron chi connectivity index (χ3n) is 4.94. The van der Waals surface area contributed by atoms with E-state index in [0.29, 0.717) is 42.6 Å². The number of ether oxygens (including phenoxy) is 3. The summed E-state index contributed by atoms with van der Waals surface area (Å²) in [4.78, 5) is 26.4. The molecule has 1 saturated heterocycles. The van der Waals surface area contributed by atoms with Crippen LogP contribution >= 0.6 is 15.9 Å². The molecule has 2 aliphatic heterocycles. The van der Waals surface area contributed by atoms with E-state index in [-0.39, 0.29) is 6.09 Å². The van der Waals surface area contributed by atoms with E-state index in [1.54, 1.807) is 4.90 Å². The lowest BCUT2D eigenvalue weighted by Gasteiger charge is -2.42. The van der Waals surface area contributed by atoms with Gasteiger partial charge in [-0.25, -0.2) is 9.59 Å². The van der Waals surface area contributed by atoms with Gasteiger partial charge in [0, 0.05) is 36.8 Å². The summed E-state index contributed by atoms with van der Waals surface area (Å²) in [5.74, 6) is 0.139. The topological polar surface area (TPSA) is 65.1 Å². The van der Waals surface area contributed by atoms with Crippen LogP contribution in [0.15, 0.2) is 18.2 Å². The van der Waals surface area contributed by atoms with E-state index in [1.165, 1.54) is 7.11 Å². The number of nitrogens with zero attached hydrogens (tertiary/aromatic N) is 1. The lowest BCUT2D eigenvalue weighted by atomic mass is 9.87. The molecule has 0 bridgehead atoms. The molecule has 7 heteroatoms. The van der Waals surface area contributed by atoms with Gasteiger partial charge in [-0.2, -0.15) is 0 Å². The number of hydrogen-bond acceptors (Lipinski definition) is 5. The van der Waals surface area contributed by atoms with Crippen LogP contribution in [0.4, 0.5) is 4.79 Å². The molecule has 2 heterocycles. The molecule has 1 aromatic rings. The largest absolute Gasteiger partial charge is 0.482 e. The van der Waals surface area contributed by atoms with Gasteiger partial charge in [-0.1, -0.05) is 34.1 Å². The Morgan fingerprint density at radius 2 is 1.93 bits per heavy atom. The minimum atomic E-state index is -0.542. The predicted molar refractivity (Wildman–Crippen MR) is 110 cm³/mol. The summed E-state index contributed by atoms with van der Waals surface area (Å²) >= 11 is 3.43. The summed E-state index contributed by atoms with van der Waals surface area (Å²) in [5, 5.41) is 0.525. The maximum Gasteiger partial charge on any atom is 0.410 e. The van der Waals surface area contributed by atoms with Crippen molar-refractivity contribution in [2.75, 3.05) is 20.2 Å². The van der Waals surface area contributed by atoms with Gasteiger partial charge in [0.1, 0.15) is 22.5 Å². The second-order valence-corrected chi connectivity index (χ2v) is 8.67. The number of benzene rings is 1. The maximum absolute atomic E-state index is 12.4. The van der Waals surface area contributed by atoms with E-state index < -0.39 is 17.2 Å². The Bertz CT molecular complexity index is 804. The van der Waals surface area contributed by atoms with Gasteiger partial charge in [-0.3, -0.25) is 0 Å². The van der Waals surface area contributed by atoms with Gasteiger partial charge in [0.2, 0.25) is 0 Å². The van der Waals surface area contributed by atoms with Crippen molar-refractivity contribution in [3.05, 3.63) is 34.9 Å². The van der Waals surface area contributed by atoms with Crippen molar-refractivity contribution >= 4 is 34.1 Å². The highest BCUT2D eigenvalue weighted by Gasteiger charge is 2.40. The fraction of sp³-hybridized carbons (Fsp3) is 0.524. The minimum Gasteiger partial charge on any atom is -0.482 e. The molecule has 1 spiro atoms. The first-order valence-corrected chi connectivity index (χ1v) is 10.5. The van der Waals surface area contributed by atoms with Crippen LogP contribution in [0.5, 0.6) is 5.75 Å². The van der Waals surface area contributed by atoms with Gasteiger partial charge in [0.05, 0.1) is 7.11 Å². The molecule has 0 aliphatic carbocycles. The molecular formula is C21H26BrNO5. The molecule has 0 N–H and O–H groups in total. The maximum atomic E-state index is 12.4. The second kappa shape index (κ2) is 7.78. The molecule has 3 rings (SSSR count). The molecular weight excluding hydrogens is 426 g/mol. The third-order valence-corrected chi connectivity index (χ3v) is 5.55. The molecule has 0 saturated carbocycles. The van der Waals surface area contributed by atoms with Crippen molar-refractivity contribution in [3.8, 4) is 5.75 Å². The number of alkyl halides is 1. The van der Waals surface area contributed by atoms with Crippen molar-refractivity contribution in [1.82, 2.24) is 4.90 Å². The van der Waals surface area contributed by atoms with Gasteiger partial charge in [0.15, 0.2) is 0 Å². The first-order chi connectivity index (χ1) is 13.2. The molecule has 2 aliphatic rings. The zero-order chi connectivity index (χ0) is 20.5. The van der Waals surface area contributed by atoms with Crippen molar-refractivity contribution in [2.45, 2.75) is 50.1 Å². The Kier molecular flexibility index (Phi) is 5.75. The van der Waals surface area contributed by atoms with Crippen LogP contribution in [0.25, 0.3) is 6.08 Å². The SMILES string of the molecule is COC(=O)c1c(CBr)ccc2c1OC1(C=C2)CCN(C(=O)OC(C)(C)C)CC1. The highest BCUT2D eigenvalue weighted by molar-refractivity contribution is 9.08. The number of esters is 1. The van der Waals surface area contributed by atoms with Crippen LogP contribution in [-0.4, -0.2) is 48.4 Å². The molecule has 0 atom stereocenters. The quantitative estimate of drug-likeness (QED) is 0.487. The van der Waals surface area contributed by atoms with Gasteiger partial charge < -0.3 is 19.1 Å². The third kappa shape index (κ3) is 4.19. The Labute approximate surface area is 173 Å². The van der Waals surface area contributed by atoms with Gasteiger partial charge in [-0.15, -0.1) is 0 Å². The van der Waals surface area contributed by atoms with E-state index in [9.17, 15) is 9.59 Å². The summed E-state index contributed by atoms with van der Waals surface area (Å²) in [6.07, 6.45) is 4.98. The summed E-state index contributed by atoms with van der Waals surface area (Å²) in [7, 11) is 1.37. The van der Waals surface area contributed by atoms with Crippen molar-refractivity contribution in [2.24, 2.45) is 0 Å². The molecule has 0 aromatic heterocycles. The van der Waals surface area contributed by atoms with E-state index in [0.717, 1.165) is 11.1 Å². The highest BCUT2D eigenvalue weighted by atomic mass is 79.9. The fourth-order valence-corrected chi connectivity index (χ4v) is 3.93. The van der Waals surface area contributed by atoms with Crippen LogP contribution in [0.2, 0.25) is 0 Å². The number of fused-ring (bicyclic) bond motifs is 1. The molecule has 1 aromatic carbocycles. The number of carbonyl (C=O) groups excluding carboxylic acids is 2. The number of hydrogen-bond donors (Lipinski definition) is 0. The Balaban J connectivity index is 1.81. The minimum absolute atomic E-state index is 0.306. The zero-order valence-corrected chi connectivity index (χ0v) is 18.3. The summed E-state index contributed by atoms with van der Waals surface area (Å²) in [6, 6.07) is 3.84. The molecule has 0 unspecified atom stereocenters. The Morgan fingerprint density at radius 3 is 2.50 bits per heavy atom. The number of rotatable bonds is 2. The summed E-state index contributed by atoms with van der Waals surface area (Å²) < 4.78 is 16.8. The smallest absolute Gasteiger partial charge is 0.410 e. The molecule has 6 nitrogen and oxygen atoms in total. The predicted octanol–water partition coefficient (Wildman–Crippen LogP) is 4.54. The van der Waals surface area contributed by atoms with Crippen LogP contribution in [0.1, 0.15) is 55.1 Å². The average molecular weight is 452 g/mol. The molecule has 28 heavy (non-hydrogen) atoms. The van der Waals surface area contributed by atoms with Crippen molar-refractivity contribution < 1.29 is 23.8 Å². The lowest BCUT2D eigenvalue weighted by Crippen LogP contribution is -2.50. The fourth-order valence-electron chi connectivity index (χ4n) is 3.46. The van der Waals surface area contributed by atoms with Crippen LogP contribution in [0.3, 0.4) is 0 Å². The lowest BCUT2D eigenvalue weighted by molar-refractivity contribution is -0.00130. The number of amides is 1. The van der Waals surface area contributed by atoms with E-state index in [1.807, 2.05) is 45.1 Å². The number of piperidine rings is 1. The van der Waals surface area contributed by atoms with Crippen LogP contribution in [0, 0.1) is 0 Å². The standard InChI is InChI=1S/C21H26BrNO5/c1-20(2,3)28-19(25)23-11-9-21(10-12-23)8-7-14-5-6-15(13-22)16(17(14)27-21)18(24)26-4/h5-8H,9-13H2,1-4H3. The van der Waals surface area contributed by atoms with Crippen LogP contribution in [-0.2, 0) is 14.8 Å². The molecule has 0 radical (unpaired) electrons. The molecule has 1 fully saturated rings. The Hall–Kier alpha value is -2.02. The monoisotopic (exact) mass is 451 g/mol. The molecule has 152 valence electrons. The number of likely N-dealkylation sites (tertiary alicyclic amines) is 1. The van der Waals surface area contributed by atoms with Gasteiger partial charge >= 0.3 is 12.1 Å². The van der Waals surface area contributed by atoms with Crippen LogP contribution < -0.4 is 4.74 Å². The highest BCUT2D eigenvalue weighted by Crippen LogP contribution is 2.41. The first-order valence-electron chi connectivity index (χ1n) is 9.34. The van der Waals surface area contributed by atoms with E-state index in [4.69, 9.17) is 14.2 Å². The number of carbonyl (C=O) groups is 2. The Morgan fingerprint density at radius 1 is 1.25 bits per heavy atom. The number of methoxy groups -OCH3 is 1.